The van der Waals surface area contributed by atoms with Gasteiger partial charge in [0.2, 0.25) is 0 Å². The fourth-order valence-corrected chi connectivity index (χ4v) is 4.46. The average Bonchev–Trinajstić information content (AvgIpc) is 3.22. The number of aromatic nitrogens is 3. The first-order chi connectivity index (χ1) is 12.9. The second kappa shape index (κ2) is 6.69. The van der Waals surface area contributed by atoms with E-state index in [0.717, 1.165) is 34.1 Å². The van der Waals surface area contributed by atoms with Crippen LogP contribution < -0.4 is 0 Å². The molecule has 27 heavy (non-hydrogen) atoms. The number of halogens is 1. The topological polar surface area (TPSA) is 50.9 Å². The summed E-state index contributed by atoms with van der Waals surface area (Å²) in [4.78, 5) is 4.43. The van der Waals surface area contributed by atoms with Gasteiger partial charge in [-0.3, -0.25) is 0 Å². The average molecular weight is 383 g/mol. The minimum atomic E-state index is -0.578. The fourth-order valence-electron chi connectivity index (χ4n) is 3.68. The van der Waals surface area contributed by atoms with Crippen LogP contribution in [0.5, 0.6) is 0 Å². The van der Waals surface area contributed by atoms with Gasteiger partial charge in [0.25, 0.3) is 0 Å². The van der Waals surface area contributed by atoms with Crippen molar-refractivity contribution in [1.29, 1.82) is 0 Å². The second-order valence-corrected chi connectivity index (χ2v) is 8.44. The number of aliphatic hydroxyl groups is 1. The third-order valence-electron chi connectivity index (χ3n) is 5.41. The largest absolute Gasteiger partial charge is 0.386 e. The van der Waals surface area contributed by atoms with E-state index in [1.807, 2.05) is 23.2 Å². The molecule has 0 saturated heterocycles. The van der Waals surface area contributed by atoms with Crippen LogP contribution in [0.25, 0.3) is 11.8 Å². The van der Waals surface area contributed by atoms with E-state index in [0.29, 0.717) is 6.42 Å². The molecule has 0 fully saturated rings. The Morgan fingerprint density at radius 3 is 2.70 bits per heavy atom. The molecule has 1 aliphatic carbocycles. The Kier molecular flexibility index (Phi) is 4.48. The van der Waals surface area contributed by atoms with Crippen LogP contribution in [-0.4, -0.2) is 19.9 Å². The Morgan fingerprint density at radius 1 is 1.30 bits per heavy atom. The SMILES string of the molecule is CC1=Cc2c(cnn2-c2ccc(F)cc2)C[C@@]1(C)CC(O)c1nc(C)cs1. The number of rotatable bonds is 4. The monoisotopic (exact) mass is 383 g/mol. The van der Waals surface area contributed by atoms with Gasteiger partial charge in [-0.2, -0.15) is 5.10 Å². The van der Waals surface area contributed by atoms with E-state index in [4.69, 9.17) is 0 Å². The van der Waals surface area contributed by atoms with Gasteiger partial charge in [-0.05, 0) is 68.0 Å². The van der Waals surface area contributed by atoms with Crippen molar-refractivity contribution in [1.82, 2.24) is 14.8 Å². The van der Waals surface area contributed by atoms with E-state index in [2.05, 4.69) is 30.0 Å². The number of hydrogen-bond acceptors (Lipinski definition) is 4. The quantitative estimate of drug-likeness (QED) is 0.700. The molecule has 0 aliphatic heterocycles. The molecule has 0 saturated carbocycles. The minimum absolute atomic E-state index is 0.164. The molecule has 3 aromatic rings. The summed E-state index contributed by atoms with van der Waals surface area (Å²) in [5.74, 6) is -0.259. The summed E-state index contributed by atoms with van der Waals surface area (Å²) in [5.41, 5.74) is 4.97. The van der Waals surface area contributed by atoms with Crippen molar-refractivity contribution in [2.45, 2.75) is 39.7 Å². The Morgan fingerprint density at radius 2 is 2.04 bits per heavy atom. The zero-order valence-electron chi connectivity index (χ0n) is 15.6. The van der Waals surface area contributed by atoms with Crippen LogP contribution in [0.1, 0.15) is 48.3 Å². The van der Waals surface area contributed by atoms with Gasteiger partial charge in [-0.15, -0.1) is 11.3 Å². The van der Waals surface area contributed by atoms with Gasteiger partial charge in [0.05, 0.1) is 17.6 Å². The maximum Gasteiger partial charge on any atom is 0.123 e. The van der Waals surface area contributed by atoms with Crippen LogP contribution in [0.4, 0.5) is 4.39 Å². The third kappa shape index (κ3) is 3.35. The standard InChI is InChI=1S/C21H22FN3OS/c1-13-8-18-15(11-23-25(18)17-6-4-16(22)5-7-17)9-21(13,3)10-19(26)20-24-14(2)12-27-20/h4-8,11-12,19,26H,9-10H2,1-3H3/t19?,21-/m0/s1. The summed E-state index contributed by atoms with van der Waals surface area (Å²) in [7, 11) is 0. The molecule has 4 rings (SSSR count). The Balaban J connectivity index is 1.63. The van der Waals surface area contributed by atoms with E-state index in [-0.39, 0.29) is 11.2 Å². The van der Waals surface area contributed by atoms with Crippen LogP contribution in [0.15, 0.2) is 41.4 Å². The summed E-state index contributed by atoms with van der Waals surface area (Å²) in [5, 5.41) is 17.9. The van der Waals surface area contributed by atoms with Crippen LogP contribution in [0, 0.1) is 18.2 Å². The number of allylic oxidation sites excluding steroid dienone is 1. The molecule has 0 spiro atoms. The Hall–Kier alpha value is -2.31. The lowest BCUT2D eigenvalue weighted by Crippen LogP contribution is -2.27. The van der Waals surface area contributed by atoms with Crippen LogP contribution in [-0.2, 0) is 6.42 Å². The zero-order chi connectivity index (χ0) is 19.2. The lowest BCUT2D eigenvalue weighted by molar-refractivity contribution is 0.120. The smallest absolute Gasteiger partial charge is 0.123 e. The van der Waals surface area contributed by atoms with Gasteiger partial charge in [-0.25, -0.2) is 14.1 Å². The molecular weight excluding hydrogens is 361 g/mol. The highest BCUT2D eigenvalue weighted by molar-refractivity contribution is 7.09. The first-order valence-electron chi connectivity index (χ1n) is 8.97. The van der Waals surface area contributed by atoms with Gasteiger partial charge in [0.15, 0.2) is 0 Å². The third-order valence-corrected chi connectivity index (χ3v) is 6.47. The maximum atomic E-state index is 13.2. The van der Waals surface area contributed by atoms with Crippen LogP contribution in [0.3, 0.4) is 0 Å². The first kappa shape index (κ1) is 18.1. The molecule has 2 aromatic heterocycles. The number of hydrogen-bond donors (Lipinski definition) is 1. The predicted octanol–water partition coefficient (Wildman–Crippen LogP) is 4.87. The number of aryl methyl sites for hydroxylation is 1. The van der Waals surface area contributed by atoms with Gasteiger partial charge in [0, 0.05) is 11.1 Å². The van der Waals surface area contributed by atoms with Gasteiger partial charge in [-0.1, -0.05) is 12.5 Å². The molecule has 0 radical (unpaired) electrons. The molecule has 0 bridgehead atoms. The summed E-state index contributed by atoms with van der Waals surface area (Å²) < 4.78 is 15.1. The first-order valence-corrected chi connectivity index (χ1v) is 9.85. The molecule has 1 unspecified atom stereocenters. The number of aliphatic hydroxyl groups excluding tert-OH is 1. The molecule has 1 aromatic carbocycles. The second-order valence-electron chi connectivity index (χ2n) is 7.56. The van der Waals surface area contributed by atoms with Crippen molar-refractivity contribution in [3.63, 3.8) is 0 Å². The summed E-state index contributed by atoms with van der Waals surface area (Å²) in [6, 6.07) is 6.35. The van der Waals surface area contributed by atoms with E-state index >= 15 is 0 Å². The van der Waals surface area contributed by atoms with Crippen molar-refractivity contribution in [3.05, 3.63) is 69.2 Å². The van der Waals surface area contributed by atoms with Crippen molar-refractivity contribution in [3.8, 4) is 5.69 Å². The van der Waals surface area contributed by atoms with E-state index < -0.39 is 6.10 Å². The van der Waals surface area contributed by atoms with Gasteiger partial charge < -0.3 is 5.11 Å². The predicted molar refractivity (Wildman–Crippen MR) is 105 cm³/mol. The van der Waals surface area contributed by atoms with Crippen LogP contribution >= 0.6 is 11.3 Å². The summed E-state index contributed by atoms with van der Waals surface area (Å²) in [6.45, 7) is 6.22. The highest BCUT2D eigenvalue weighted by atomic mass is 32.1. The molecule has 2 heterocycles. The van der Waals surface area contributed by atoms with Gasteiger partial charge in [0.1, 0.15) is 16.9 Å². The lowest BCUT2D eigenvalue weighted by atomic mass is 9.70. The Labute approximate surface area is 162 Å². The van der Waals surface area contributed by atoms with Crippen molar-refractivity contribution >= 4 is 17.4 Å². The summed E-state index contributed by atoms with van der Waals surface area (Å²) >= 11 is 1.51. The molecule has 4 nitrogen and oxygen atoms in total. The van der Waals surface area contributed by atoms with Gasteiger partial charge >= 0.3 is 0 Å². The molecule has 6 heteroatoms. The molecule has 140 valence electrons. The highest BCUT2D eigenvalue weighted by Crippen LogP contribution is 2.44. The van der Waals surface area contributed by atoms with Crippen molar-refractivity contribution in [2.75, 3.05) is 0 Å². The highest BCUT2D eigenvalue weighted by Gasteiger charge is 2.35. The normalized spacial score (nSPS) is 20.3. The van der Waals surface area contributed by atoms with E-state index in [9.17, 15) is 9.50 Å². The summed E-state index contributed by atoms with van der Waals surface area (Å²) in [6.07, 6.45) is 4.84. The number of thiazole rings is 1. The van der Waals surface area contributed by atoms with E-state index in [1.165, 1.54) is 29.0 Å². The maximum absolute atomic E-state index is 13.2. The number of fused-ring (bicyclic) bond motifs is 1. The zero-order valence-corrected chi connectivity index (χ0v) is 16.4. The molecular formula is C21H22FN3OS. The molecule has 1 aliphatic rings. The minimum Gasteiger partial charge on any atom is -0.386 e. The van der Waals surface area contributed by atoms with E-state index in [1.54, 1.807) is 12.1 Å². The Bertz CT molecular complexity index is 1000. The lowest BCUT2D eigenvalue weighted by Gasteiger charge is -2.35. The number of nitrogens with zero attached hydrogens (tertiary/aromatic N) is 3. The van der Waals surface area contributed by atoms with Crippen molar-refractivity contribution in [2.24, 2.45) is 5.41 Å². The molecule has 1 N–H and O–H groups in total. The van der Waals surface area contributed by atoms with Crippen molar-refractivity contribution < 1.29 is 9.50 Å². The molecule has 2 atom stereocenters. The molecule has 0 amide bonds. The fraction of sp³-hybridized carbons (Fsp3) is 0.333. The van der Waals surface area contributed by atoms with Crippen LogP contribution in [0.2, 0.25) is 0 Å². The number of benzene rings is 1.